The Morgan fingerprint density at radius 3 is 2.71 bits per heavy atom. The first-order valence-corrected chi connectivity index (χ1v) is 6.84. The third kappa shape index (κ3) is 3.04. The van der Waals surface area contributed by atoms with Gasteiger partial charge in [0.2, 0.25) is 10.0 Å². The fourth-order valence-electron chi connectivity index (χ4n) is 0.975. The van der Waals surface area contributed by atoms with Gasteiger partial charge in [-0.2, -0.15) is 0 Å². The largest absolute Gasteiger partial charge is 0.248 e. The van der Waals surface area contributed by atoms with E-state index in [9.17, 15) is 8.42 Å². The molecule has 1 aromatic heterocycles. The molecule has 0 bridgehead atoms. The van der Waals surface area contributed by atoms with Crippen molar-refractivity contribution in [3.63, 3.8) is 0 Å². The Labute approximate surface area is 88.4 Å². The fourth-order valence-corrected chi connectivity index (χ4v) is 2.64. The zero-order chi connectivity index (χ0) is 10.8. The van der Waals surface area contributed by atoms with Crippen LogP contribution in [-0.4, -0.2) is 19.2 Å². The number of rotatable bonds is 4. The highest BCUT2D eigenvalue weighted by Crippen LogP contribution is 2.19. The second kappa shape index (κ2) is 4.37. The fraction of sp³-hybridized carbons (Fsp3) is 0.625. The number of thiazole rings is 1. The van der Waals surface area contributed by atoms with Gasteiger partial charge < -0.3 is 0 Å². The van der Waals surface area contributed by atoms with E-state index in [1.54, 1.807) is 20.0 Å². The molecule has 80 valence electrons. The van der Waals surface area contributed by atoms with E-state index in [-0.39, 0.29) is 11.8 Å². The molecule has 1 N–H and O–H groups in total. The molecular formula is C8H14N2O2S2. The van der Waals surface area contributed by atoms with Gasteiger partial charge in [0.25, 0.3) is 0 Å². The zero-order valence-electron chi connectivity index (χ0n) is 8.44. The van der Waals surface area contributed by atoms with Crippen LogP contribution in [0.2, 0.25) is 0 Å². The normalized spacial score (nSPS) is 14.2. The average molecular weight is 234 g/mol. The van der Waals surface area contributed by atoms with Gasteiger partial charge in [0.15, 0.2) is 0 Å². The number of hydrogen-bond acceptors (Lipinski definition) is 4. The molecule has 0 spiro atoms. The van der Waals surface area contributed by atoms with E-state index in [1.807, 2.05) is 6.92 Å². The van der Waals surface area contributed by atoms with Crippen molar-refractivity contribution in [3.05, 3.63) is 16.1 Å². The number of sulfonamides is 1. The Bertz CT molecular complexity index is 397. The van der Waals surface area contributed by atoms with Crippen LogP contribution < -0.4 is 4.72 Å². The lowest BCUT2D eigenvalue weighted by Crippen LogP contribution is -2.28. The van der Waals surface area contributed by atoms with Crippen molar-refractivity contribution in [1.29, 1.82) is 0 Å². The highest BCUT2D eigenvalue weighted by molar-refractivity contribution is 7.89. The minimum Gasteiger partial charge on any atom is -0.248 e. The number of hydrogen-bond donors (Lipinski definition) is 1. The predicted octanol–water partition coefficient (Wildman–Crippen LogP) is 1.45. The molecule has 0 amide bonds. The average Bonchev–Trinajstić information content (AvgIpc) is 2.51. The maximum Gasteiger partial charge on any atom is 0.211 e. The van der Waals surface area contributed by atoms with Crippen LogP contribution in [0.4, 0.5) is 0 Å². The van der Waals surface area contributed by atoms with Gasteiger partial charge in [-0.05, 0) is 20.8 Å². The highest BCUT2D eigenvalue weighted by atomic mass is 32.2. The van der Waals surface area contributed by atoms with E-state index >= 15 is 0 Å². The lowest BCUT2D eigenvalue weighted by atomic mass is 10.4. The summed E-state index contributed by atoms with van der Waals surface area (Å²) in [7, 11) is -3.14. The Kier molecular flexibility index (Phi) is 3.63. The summed E-state index contributed by atoms with van der Waals surface area (Å²) in [6.45, 7) is 5.36. The molecule has 0 fully saturated rings. The molecule has 1 aromatic rings. The topological polar surface area (TPSA) is 59.1 Å². The predicted molar refractivity (Wildman–Crippen MR) is 57.9 cm³/mol. The smallest absolute Gasteiger partial charge is 0.211 e. The van der Waals surface area contributed by atoms with Crippen LogP contribution in [0.1, 0.15) is 29.8 Å². The summed E-state index contributed by atoms with van der Waals surface area (Å²) in [5.74, 6) is 0.0989. The van der Waals surface area contributed by atoms with E-state index in [4.69, 9.17) is 0 Å². The Balaban J connectivity index is 2.73. The first-order chi connectivity index (χ1) is 6.44. The van der Waals surface area contributed by atoms with Crippen molar-refractivity contribution in [2.24, 2.45) is 0 Å². The first kappa shape index (κ1) is 11.6. The summed E-state index contributed by atoms with van der Waals surface area (Å²) in [5.41, 5.74) is 0. The second-order valence-corrected chi connectivity index (χ2v) is 6.36. The van der Waals surface area contributed by atoms with Crippen molar-refractivity contribution in [2.75, 3.05) is 5.75 Å². The standard InChI is InChI=1S/C8H14N2O2S2/c1-4-14(11,12)10-7(3)8-9-5-6(2)13-8/h5,7,10H,4H2,1-3H3. The third-order valence-electron chi connectivity index (χ3n) is 1.75. The Morgan fingerprint density at radius 1 is 1.64 bits per heavy atom. The maximum absolute atomic E-state index is 11.3. The maximum atomic E-state index is 11.3. The van der Waals surface area contributed by atoms with Gasteiger partial charge in [-0.15, -0.1) is 11.3 Å². The van der Waals surface area contributed by atoms with Gasteiger partial charge in [-0.3, -0.25) is 0 Å². The van der Waals surface area contributed by atoms with Crippen LogP contribution >= 0.6 is 11.3 Å². The van der Waals surface area contributed by atoms with E-state index in [0.29, 0.717) is 0 Å². The molecule has 0 aliphatic rings. The molecule has 0 aromatic carbocycles. The molecule has 1 unspecified atom stereocenters. The van der Waals surface area contributed by atoms with Crippen LogP contribution in [0.5, 0.6) is 0 Å². The number of aryl methyl sites for hydroxylation is 1. The van der Waals surface area contributed by atoms with Crippen molar-refractivity contribution >= 4 is 21.4 Å². The van der Waals surface area contributed by atoms with Gasteiger partial charge in [-0.25, -0.2) is 18.1 Å². The zero-order valence-corrected chi connectivity index (χ0v) is 10.1. The molecule has 4 nitrogen and oxygen atoms in total. The summed E-state index contributed by atoms with van der Waals surface area (Å²) in [6.07, 6.45) is 1.75. The van der Waals surface area contributed by atoms with Crippen molar-refractivity contribution < 1.29 is 8.42 Å². The molecule has 1 heterocycles. The molecule has 0 aliphatic heterocycles. The van der Waals surface area contributed by atoms with E-state index in [1.165, 1.54) is 11.3 Å². The first-order valence-electron chi connectivity index (χ1n) is 4.37. The molecule has 6 heteroatoms. The lowest BCUT2D eigenvalue weighted by Gasteiger charge is -2.09. The minimum atomic E-state index is -3.14. The van der Waals surface area contributed by atoms with E-state index < -0.39 is 10.0 Å². The quantitative estimate of drug-likeness (QED) is 0.858. The molecule has 0 saturated heterocycles. The van der Waals surface area contributed by atoms with Crippen LogP contribution in [0.3, 0.4) is 0 Å². The van der Waals surface area contributed by atoms with Crippen molar-refractivity contribution in [3.8, 4) is 0 Å². The van der Waals surface area contributed by atoms with Crippen LogP contribution in [-0.2, 0) is 10.0 Å². The van der Waals surface area contributed by atoms with Crippen LogP contribution in [0, 0.1) is 6.92 Å². The number of nitrogens with zero attached hydrogens (tertiary/aromatic N) is 1. The summed E-state index contributed by atoms with van der Waals surface area (Å²) in [5, 5.41) is 0.805. The molecule has 14 heavy (non-hydrogen) atoms. The molecule has 1 atom stereocenters. The Hall–Kier alpha value is -0.460. The van der Waals surface area contributed by atoms with Crippen LogP contribution in [0.25, 0.3) is 0 Å². The summed E-state index contributed by atoms with van der Waals surface area (Å²) < 4.78 is 25.1. The summed E-state index contributed by atoms with van der Waals surface area (Å²) >= 11 is 1.51. The van der Waals surface area contributed by atoms with Crippen molar-refractivity contribution in [2.45, 2.75) is 26.8 Å². The summed E-state index contributed by atoms with van der Waals surface area (Å²) in [6, 6.07) is -0.237. The highest BCUT2D eigenvalue weighted by Gasteiger charge is 2.15. The SMILES string of the molecule is CCS(=O)(=O)NC(C)c1ncc(C)s1. The van der Waals surface area contributed by atoms with Crippen LogP contribution in [0.15, 0.2) is 6.20 Å². The molecule has 1 rings (SSSR count). The van der Waals surface area contributed by atoms with Gasteiger partial charge in [0.1, 0.15) is 5.01 Å². The third-order valence-corrected chi connectivity index (χ3v) is 4.31. The minimum absolute atomic E-state index is 0.0989. The molecule has 0 radical (unpaired) electrons. The van der Waals surface area contributed by atoms with Gasteiger partial charge in [-0.1, -0.05) is 0 Å². The lowest BCUT2D eigenvalue weighted by molar-refractivity contribution is 0.567. The number of aromatic nitrogens is 1. The molecule has 0 saturated carbocycles. The van der Waals surface area contributed by atoms with E-state index in [0.717, 1.165) is 9.88 Å². The monoisotopic (exact) mass is 234 g/mol. The van der Waals surface area contributed by atoms with Crippen molar-refractivity contribution in [1.82, 2.24) is 9.71 Å². The van der Waals surface area contributed by atoms with Gasteiger partial charge >= 0.3 is 0 Å². The van der Waals surface area contributed by atoms with Gasteiger partial charge in [0.05, 0.1) is 11.8 Å². The molecule has 0 aliphatic carbocycles. The second-order valence-electron chi connectivity index (χ2n) is 3.05. The van der Waals surface area contributed by atoms with Gasteiger partial charge in [0, 0.05) is 11.1 Å². The Morgan fingerprint density at radius 2 is 2.29 bits per heavy atom. The van der Waals surface area contributed by atoms with E-state index in [2.05, 4.69) is 9.71 Å². The molecular weight excluding hydrogens is 220 g/mol. The summed E-state index contributed by atoms with van der Waals surface area (Å²) in [4.78, 5) is 5.21. The number of nitrogens with one attached hydrogen (secondary N) is 1.